The van der Waals surface area contributed by atoms with Crippen molar-refractivity contribution >= 4 is 41.6 Å². The molecule has 0 spiro atoms. The number of urea groups is 1. The Kier molecular flexibility index (Phi) is 16.2. The normalized spacial score (nSPS) is 12.2. The number of amides is 2. The van der Waals surface area contributed by atoms with Crippen LogP contribution in [0.15, 0.2) is 152 Å². The van der Waals surface area contributed by atoms with Crippen LogP contribution in [0, 0.1) is 0 Å². The Hall–Kier alpha value is -6.27. The van der Waals surface area contributed by atoms with Crippen molar-refractivity contribution in [1.82, 2.24) is 25.2 Å². The van der Waals surface area contributed by atoms with Crippen molar-refractivity contribution in [1.29, 1.82) is 0 Å². The lowest BCUT2D eigenvalue weighted by molar-refractivity contribution is 0.106. The summed E-state index contributed by atoms with van der Waals surface area (Å²) in [5, 5.41) is 22.3. The quantitative estimate of drug-likeness (QED) is 0.0395. The molecule has 0 aliphatic heterocycles. The van der Waals surface area contributed by atoms with Crippen LogP contribution in [-0.2, 0) is 19.3 Å². The van der Waals surface area contributed by atoms with Gasteiger partial charge in [0.15, 0.2) is 5.65 Å². The van der Waals surface area contributed by atoms with Gasteiger partial charge < -0.3 is 30.2 Å². The Morgan fingerprint density at radius 2 is 1.37 bits per heavy atom. The van der Waals surface area contributed by atoms with Gasteiger partial charge in [-0.25, -0.2) is 14.8 Å². The number of anilines is 1. The summed E-state index contributed by atoms with van der Waals surface area (Å²) in [5.41, 5.74) is 5.81. The molecule has 5 aromatic carbocycles. The van der Waals surface area contributed by atoms with Gasteiger partial charge in [-0.3, -0.25) is 4.57 Å². The Bertz CT molecular complexity index is 2490. The van der Waals surface area contributed by atoms with E-state index in [4.69, 9.17) is 19.1 Å². The number of aliphatic hydroxyl groups excluding tert-OH is 1. The summed E-state index contributed by atoms with van der Waals surface area (Å²) in [7, 11) is -2.74. The van der Waals surface area contributed by atoms with Crippen molar-refractivity contribution in [2.45, 2.75) is 83.8 Å². The van der Waals surface area contributed by atoms with Crippen molar-refractivity contribution in [2.24, 2.45) is 0 Å². The van der Waals surface area contributed by atoms with Crippen LogP contribution in [0.3, 0.4) is 0 Å². The third-order valence-electron chi connectivity index (χ3n) is 11.8. The van der Waals surface area contributed by atoms with Gasteiger partial charge in [0.05, 0.1) is 0 Å². The molecule has 4 N–H and O–H groups in total. The summed E-state index contributed by atoms with van der Waals surface area (Å²) < 4.78 is 15.3. The Balaban J connectivity index is 0.879. The standard InChI is InChI=1S/C54H64N6O4Si/c1-5-6-7-14-36-57-53(62)58-43-26-21-41(22-27-43)25-34-51-59-50-20-15-37-56-52(50)60(51)44-28-23-42(24-29-44)35-38-55-39-45(61)40-63-46-30-32-47(33-31-46)64-65(54(2,3)4,48-16-10-8-11-17-48)49-18-12-9-13-19-49/h8-13,15-24,26-33,37,45,55,61H,5-7,14,25,34-36,38-40H2,1-4H3,(H2,57,58,62)/t45-/m0/s1. The lowest BCUT2D eigenvalue weighted by Gasteiger charge is -2.43. The number of benzene rings is 5. The topological polar surface area (TPSA) is 123 Å². The van der Waals surface area contributed by atoms with Gasteiger partial charge in [0, 0.05) is 37.1 Å². The summed E-state index contributed by atoms with van der Waals surface area (Å²) in [6, 6.07) is 49.3. The summed E-state index contributed by atoms with van der Waals surface area (Å²) in [6.45, 7) is 11.0. The first-order valence-corrected chi connectivity index (χ1v) is 25.0. The highest BCUT2D eigenvalue weighted by molar-refractivity contribution is 7.00. The number of ether oxygens (including phenoxy) is 1. The number of imidazole rings is 1. The number of aryl methyl sites for hydroxylation is 2. The van der Waals surface area contributed by atoms with Gasteiger partial charge in [-0.05, 0) is 113 Å². The molecule has 0 radical (unpaired) electrons. The lowest BCUT2D eigenvalue weighted by Crippen LogP contribution is -2.68. The molecule has 10 nitrogen and oxygen atoms in total. The van der Waals surface area contributed by atoms with E-state index >= 15 is 0 Å². The van der Waals surface area contributed by atoms with Gasteiger partial charge >= 0.3 is 14.3 Å². The molecule has 0 aliphatic rings. The highest BCUT2D eigenvalue weighted by Gasteiger charge is 2.52. The maximum Gasteiger partial charge on any atom is 0.319 e. The molecular weight excluding hydrogens is 825 g/mol. The van der Waals surface area contributed by atoms with Crippen LogP contribution in [-0.4, -0.2) is 66.3 Å². The average molecular weight is 889 g/mol. The number of aromatic nitrogens is 3. The van der Waals surface area contributed by atoms with Crippen LogP contribution in [0.25, 0.3) is 16.9 Å². The van der Waals surface area contributed by atoms with Crippen LogP contribution in [0.4, 0.5) is 10.5 Å². The number of hydrogen-bond donors (Lipinski definition) is 4. The van der Waals surface area contributed by atoms with Crippen molar-refractivity contribution < 1.29 is 19.1 Å². The van der Waals surface area contributed by atoms with Crippen molar-refractivity contribution in [3.63, 3.8) is 0 Å². The number of nitrogens with one attached hydrogen (secondary N) is 3. The van der Waals surface area contributed by atoms with E-state index < -0.39 is 14.4 Å². The maximum atomic E-state index is 12.3. The molecule has 0 saturated heterocycles. The number of pyridine rings is 1. The Morgan fingerprint density at radius 1 is 0.723 bits per heavy atom. The second kappa shape index (κ2) is 22.6. The third kappa shape index (κ3) is 12.3. The fourth-order valence-corrected chi connectivity index (χ4v) is 12.8. The number of carbonyl (C=O) groups is 1. The zero-order chi connectivity index (χ0) is 45.5. The summed E-state index contributed by atoms with van der Waals surface area (Å²) in [6.07, 6.45) is 7.95. The molecule has 0 unspecified atom stereocenters. The number of fused-ring (bicyclic) bond motifs is 1. The van der Waals surface area contributed by atoms with Gasteiger partial charge in [0.1, 0.15) is 35.6 Å². The average Bonchev–Trinajstić information content (AvgIpc) is 3.70. The number of aliphatic hydroxyl groups is 1. The minimum absolute atomic E-state index is 0.145. The SMILES string of the molecule is CCCCCCNC(=O)Nc1ccc(CCc2nc3cccnc3n2-c2ccc(CCNC[C@H](O)COc3ccc(O[Si](c4ccccc4)(c4ccccc4)C(C)(C)C)cc3)cc2)cc1. The molecule has 0 aliphatic carbocycles. The lowest BCUT2D eigenvalue weighted by atomic mass is 10.1. The first-order valence-electron chi connectivity index (χ1n) is 23.1. The largest absolute Gasteiger partial charge is 0.534 e. The van der Waals surface area contributed by atoms with E-state index in [9.17, 15) is 9.90 Å². The van der Waals surface area contributed by atoms with Gasteiger partial charge in [-0.2, -0.15) is 0 Å². The first kappa shape index (κ1) is 46.7. The molecule has 338 valence electrons. The van der Waals surface area contributed by atoms with E-state index in [0.717, 1.165) is 71.8 Å². The predicted molar refractivity (Wildman–Crippen MR) is 267 cm³/mol. The molecule has 0 saturated carbocycles. The summed E-state index contributed by atoms with van der Waals surface area (Å²) in [5.74, 6) is 2.41. The highest BCUT2D eigenvalue weighted by atomic mass is 28.4. The van der Waals surface area contributed by atoms with Gasteiger partial charge in [0.2, 0.25) is 0 Å². The van der Waals surface area contributed by atoms with Gasteiger partial charge in [0.25, 0.3) is 0 Å². The van der Waals surface area contributed by atoms with E-state index in [2.05, 4.69) is 133 Å². The fraction of sp³-hybridized carbons (Fsp3) is 0.315. The fourth-order valence-electron chi connectivity index (χ4n) is 8.33. The second-order valence-corrected chi connectivity index (χ2v) is 21.9. The Labute approximate surface area is 385 Å². The van der Waals surface area contributed by atoms with Crippen molar-refractivity contribution in [3.8, 4) is 17.2 Å². The summed E-state index contributed by atoms with van der Waals surface area (Å²) in [4.78, 5) is 22.0. The number of hydrogen-bond acceptors (Lipinski definition) is 7. The van der Waals surface area contributed by atoms with Gasteiger partial charge in [-0.15, -0.1) is 0 Å². The number of unbranched alkanes of at least 4 members (excludes halogenated alkanes) is 3. The molecule has 0 fully saturated rings. The maximum absolute atomic E-state index is 12.3. The molecule has 2 aromatic heterocycles. The third-order valence-corrected chi connectivity index (χ3v) is 16.7. The van der Waals surface area contributed by atoms with Crippen LogP contribution in [0.5, 0.6) is 11.5 Å². The molecule has 11 heteroatoms. The summed E-state index contributed by atoms with van der Waals surface area (Å²) >= 11 is 0. The van der Waals surface area contributed by atoms with E-state index in [0.29, 0.717) is 25.4 Å². The minimum Gasteiger partial charge on any atom is -0.534 e. The number of nitrogens with zero attached hydrogens (tertiary/aromatic N) is 3. The predicted octanol–water partition coefficient (Wildman–Crippen LogP) is 9.42. The zero-order valence-electron chi connectivity index (χ0n) is 38.3. The highest BCUT2D eigenvalue weighted by Crippen LogP contribution is 2.38. The van der Waals surface area contributed by atoms with Gasteiger partial charge in [-0.1, -0.05) is 132 Å². The molecule has 65 heavy (non-hydrogen) atoms. The first-order chi connectivity index (χ1) is 31.6. The van der Waals surface area contributed by atoms with Crippen LogP contribution < -0.4 is 35.5 Å². The smallest absolute Gasteiger partial charge is 0.319 e. The molecule has 0 bridgehead atoms. The number of carbonyl (C=O) groups excluding carboxylic acids is 1. The van der Waals surface area contributed by atoms with E-state index in [1.807, 2.05) is 60.7 Å². The van der Waals surface area contributed by atoms with Crippen molar-refractivity contribution in [3.05, 3.63) is 169 Å². The van der Waals surface area contributed by atoms with E-state index in [-0.39, 0.29) is 17.7 Å². The van der Waals surface area contributed by atoms with E-state index in [1.165, 1.54) is 28.8 Å². The molecule has 1 atom stereocenters. The minimum atomic E-state index is -2.74. The van der Waals surface area contributed by atoms with E-state index in [1.54, 1.807) is 6.20 Å². The number of rotatable bonds is 22. The van der Waals surface area contributed by atoms with Crippen LogP contribution >= 0.6 is 0 Å². The van der Waals surface area contributed by atoms with Crippen molar-refractivity contribution in [2.75, 3.05) is 31.6 Å². The molecule has 2 heterocycles. The monoisotopic (exact) mass is 888 g/mol. The molecule has 7 rings (SSSR count). The molecule has 7 aromatic rings. The molecule has 2 amide bonds. The second-order valence-electron chi connectivity index (χ2n) is 17.7. The Morgan fingerprint density at radius 3 is 2.03 bits per heavy atom. The van der Waals surface area contributed by atoms with Crippen LogP contribution in [0.2, 0.25) is 5.04 Å². The van der Waals surface area contributed by atoms with Crippen LogP contribution in [0.1, 0.15) is 70.3 Å². The molecular formula is C54H64N6O4Si. The zero-order valence-corrected chi connectivity index (χ0v) is 39.3.